The van der Waals surface area contributed by atoms with Crippen LogP contribution < -0.4 is 10.1 Å². The summed E-state index contributed by atoms with van der Waals surface area (Å²) in [5, 5.41) is 2.77. The van der Waals surface area contributed by atoms with E-state index < -0.39 is 29.6 Å². The highest BCUT2D eigenvalue weighted by Crippen LogP contribution is 2.22. The number of carbonyl (C=O) groups is 4. The fourth-order valence-electron chi connectivity index (χ4n) is 4.26. The largest absolute Gasteiger partial charge is 0.497 e. The van der Waals surface area contributed by atoms with Crippen LogP contribution in [0, 0.1) is 6.92 Å². The maximum atomic E-state index is 13.6. The quantitative estimate of drug-likeness (QED) is 0.451. The lowest BCUT2D eigenvalue weighted by Crippen LogP contribution is -2.56. The Morgan fingerprint density at radius 3 is 2.34 bits per heavy atom. The van der Waals surface area contributed by atoms with Crippen molar-refractivity contribution in [1.29, 1.82) is 0 Å². The molecule has 3 rings (SSSR count). The van der Waals surface area contributed by atoms with Crippen LogP contribution in [-0.4, -0.2) is 95.2 Å². The molecule has 1 aromatic heterocycles. The molecule has 0 aliphatic carbocycles. The molecule has 0 saturated carbocycles. The number of benzene rings is 1. The van der Waals surface area contributed by atoms with Crippen molar-refractivity contribution in [1.82, 2.24) is 25.1 Å². The van der Waals surface area contributed by atoms with Crippen molar-refractivity contribution < 1.29 is 33.4 Å². The first-order chi connectivity index (χ1) is 19.4. The molecule has 2 aromatic rings. The average Bonchev–Trinajstić information content (AvgIpc) is 2.93. The molecule has 0 spiro atoms. The van der Waals surface area contributed by atoms with Crippen molar-refractivity contribution in [2.24, 2.45) is 0 Å². The number of carbonyl (C=O) groups excluding carboxylic acids is 4. The lowest BCUT2D eigenvalue weighted by atomic mass is 10.1. The van der Waals surface area contributed by atoms with Gasteiger partial charge in [-0.25, -0.2) is 14.8 Å². The Kier molecular flexibility index (Phi) is 10.6. The molecule has 1 saturated heterocycles. The van der Waals surface area contributed by atoms with Crippen molar-refractivity contribution in [3.8, 4) is 17.1 Å². The van der Waals surface area contributed by atoms with E-state index in [0.717, 1.165) is 0 Å². The number of aromatic nitrogens is 2. The van der Waals surface area contributed by atoms with E-state index in [4.69, 9.17) is 14.2 Å². The summed E-state index contributed by atoms with van der Waals surface area (Å²) in [4.78, 5) is 63.5. The fourth-order valence-corrected chi connectivity index (χ4v) is 4.26. The highest BCUT2D eigenvalue weighted by molar-refractivity contribution is 5.96. The molecule has 12 nitrogen and oxygen atoms in total. The summed E-state index contributed by atoms with van der Waals surface area (Å²) < 4.78 is 15.7. The molecule has 0 radical (unpaired) electrons. The summed E-state index contributed by atoms with van der Waals surface area (Å²) in [5.74, 6) is -0.457. The zero-order chi connectivity index (χ0) is 30.2. The predicted octanol–water partition coefficient (Wildman–Crippen LogP) is 2.98. The molecule has 1 fully saturated rings. The number of nitrogens with zero attached hydrogens (tertiary/aromatic N) is 4. The second-order valence-electron chi connectivity index (χ2n) is 10.6. The van der Waals surface area contributed by atoms with Gasteiger partial charge in [-0.05, 0) is 59.2 Å². The Morgan fingerprint density at radius 1 is 1.02 bits per heavy atom. The molecule has 1 N–H and O–H groups in total. The monoisotopic (exact) mass is 569 g/mol. The van der Waals surface area contributed by atoms with E-state index in [1.807, 2.05) is 6.07 Å². The minimum atomic E-state index is -1.01. The van der Waals surface area contributed by atoms with E-state index in [2.05, 4.69) is 15.3 Å². The Balaban J connectivity index is 1.79. The molecule has 3 amide bonds. The first-order valence-corrected chi connectivity index (χ1v) is 13.6. The topological polar surface area (TPSA) is 140 Å². The van der Waals surface area contributed by atoms with Crippen molar-refractivity contribution in [3.63, 3.8) is 0 Å². The van der Waals surface area contributed by atoms with Gasteiger partial charge >= 0.3 is 12.1 Å². The molecular formula is C29H39N5O7. The second kappa shape index (κ2) is 13.9. The molecule has 1 aromatic carbocycles. The number of methoxy groups -OCH3 is 1. The Hall–Kier alpha value is -4.22. The number of nitrogens with one attached hydrogen (secondary N) is 1. The summed E-state index contributed by atoms with van der Waals surface area (Å²) in [6.07, 6.45) is -0.473. The van der Waals surface area contributed by atoms with Gasteiger partial charge in [0.25, 0.3) is 5.91 Å². The van der Waals surface area contributed by atoms with Crippen molar-refractivity contribution >= 4 is 23.9 Å². The van der Waals surface area contributed by atoms with Gasteiger partial charge in [-0.2, -0.15) is 0 Å². The molecule has 222 valence electrons. The predicted molar refractivity (Wildman–Crippen MR) is 150 cm³/mol. The van der Waals surface area contributed by atoms with E-state index in [-0.39, 0.29) is 44.1 Å². The van der Waals surface area contributed by atoms with Gasteiger partial charge in [0.2, 0.25) is 5.91 Å². The number of aryl methyl sites for hydroxylation is 1. The standard InChI is InChI=1S/C29H39N5O7/c1-7-40-28(38)34-15-13-33(14-16-34)27(37)22(11-12-24(35)41-29(3,4)5)32-26(36)23-17-19(2)30-25(31-23)20-9-8-10-21(18-20)39-6/h8-10,17-18,22H,7,11-16H2,1-6H3,(H,32,36)/t22-/m0/s1. The van der Waals surface area contributed by atoms with E-state index in [1.165, 1.54) is 11.0 Å². The number of ether oxygens (including phenoxy) is 3. The summed E-state index contributed by atoms with van der Waals surface area (Å²) in [5.41, 5.74) is 0.629. The van der Waals surface area contributed by atoms with Crippen LogP contribution in [0.1, 0.15) is 56.7 Å². The third kappa shape index (κ3) is 9.16. The molecule has 12 heteroatoms. The molecule has 1 aliphatic heterocycles. The van der Waals surface area contributed by atoms with Crippen LogP contribution >= 0.6 is 0 Å². The van der Waals surface area contributed by atoms with E-state index in [1.54, 1.807) is 64.8 Å². The summed E-state index contributed by atoms with van der Waals surface area (Å²) in [6.45, 7) is 10.1. The molecule has 0 bridgehead atoms. The zero-order valence-corrected chi connectivity index (χ0v) is 24.6. The van der Waals surface area contributed by atoms with E-state index in [0.29, 0.717) is 35.9 Å². The van der Waals surface area contributed by atoms with Crippen LogP contribution in [0.2, 0.25) is 0 Å². The number of piperazine rings is 1. The fraction of sp³-hybridized carbons (Fsp3) is 0.517. The molecule has 41 heavy (non-hydrogen) atoms. The van der Waals surface area contributed by atoms with Gasteiger partial charge in [-0.3, -0.25) is 14.4 Å². The smallest absolute Gasteiger partial charge is 0.409 e. The van der Waals surface area contributed by atoms with Crippen molar-refractivity contribution in [2.75, 3.05) is 39.9 Å². The second-order valence-corrected chi connectivity index (χ2v) is 10.6. The van der Waals surface area contributed by atoms with E-state index >= 15 is 0 Å². The van der Waals surface area contributed by atoms with Crippen LogP contribution in [0.5, 0.6) is 5.75 Å². The number of esters is 1. The van der Waals surface area contributed by atoms with Gasteiger partial charge in [-0.1, -0.05) is 12.1 Å². The maximum Gasteiger partial charge on any atom is 0.409 e. The van der Waals surface area contributed by atoms with E-state index in [9.17, 15) is 19.2 Å². The van der Waals surface area contributed by atoms with Crippen molar-refractivity contribution in [3.05, 3.63) is 41.7 Å². The highest BCUT2D eigenvalue weighted by Gasteiger charge is 2.32. The summed E-state index contributed by atoms with van der Waals surface area (Å²) in [7, 11) is 1.56. The van der Waals surface area contributed by atoms with Crippen LogP contribution in [0.15, 0.2) is 30.3 Å². The van der Waals surface area contributed by atoms with Crippen molar-refractivity contribution in [2.45, 2.75) is 59.1 Å². The Labute approximate surface area is 240 Å². The molecule has 2 heterocycles. The van der Waals surface area contributed by atoms with Gasteiger partial charge in [0.15, 0.2) is 5.82 Å². The highest BCUT2D eigenvalue weighted by atomic mass is 16.6. The first-order valence-electron chi connectivity index (χ1n) is 13.6. The van der Waals surface area contributed by atoms with Crippen LogP contribution in [0.4, 0.5) is 4.79 Å². The van der Waals surface area contributed by atoms with Gasteiger partial charge < -0.3 is 29.3 Å². The van der Waals surface area contributed by atoms with Gasteiger partial charge in [0, 0.05) is 43.9 Å². The lowest BCUT2D eigenvalue weighted by Gasteiger charge is -2.36. The average molecular weight is 570 g/mol. The number of hydrogen-bond donors (Lipinski definition) is 1. The summed E-state index contributed by atoms with van der Waals surface area (Å²) in [6, 6.07) is 7.68. The van der Waals surface area contributed by atoms with Crippen LogP contribution in [0.3, 0.4) is 0 Å². The number of rotatable bonds is 9. The Morgan fingerprint density at radius 2 is 1.71 bits per heavy atom. The summed E-state index contributed by atoms with van der Waals surface area (Å²) >= 11 is 0. The molecular weight excluding hydrogens is 530 g/mol. The lowest BCUT2D eigenvalue weighted by molar-refractivity contribution is -0.155. The van der Waals surface area contributed by atoms with Gasteiger partial charge in [0.1, 0.15) is 23.1 Å². The first kappa shape index (κ1) is 31.3. The van der Waals surface area contributed by atoms with Gasteiger partial charge in [0.05, 0.1) is 13.7 Å². The normalized spacial score (nSPS) is 14.2. The number of hydrogen-bond acceptors (Lipinski definition) is 9. The maximum absolute atomic E-state index is 13.6. The SMILES string of the molecule is CCOC(=O)N1CCN(C(=O)[C@H](CCC(=O)OC(C)(C)C)NC(=O)c2cc(C)nc(-c3cccc(OC)c3)n2)CC1. The molecule has 1 aliphatic rings. The number of amides is 3. The minimum Gasteiger partial charge on any atom is -0.497 e. The third-order valence-corrected chi connectivity index (χ3v) is 6.19. The van der Waals surface area contributed by atoms with Gasteiger partial charge in [-0.15, -0.1) is 0 Å². The molecule has 0 unspecified atom stereocenters. The minimum absolute atomic E-state index is 0.0321. The van der Waals surface area contributed by atoms with Crippen LogP contribution in [-0.2, 0) is 19.1 Å². The third-order valence-electron chi connectivity index (χ3n) is 6.19. The Bertz CT molecular complexity index is 1250. The molecule has 1 atom stereocenters. The zero-order valence-electron chi connectivity index (χ0n) is 24.6. The van der Waals surface area contributed by atoms with Crippen LogP contribution in [0.25, 0.3) is 11.4 Å².